The van der Waals surface area contributed by atoms with Crippen LogP contribution in [0.3, 0.4) is 0 Å². The van der Waals surface area contributed by atoms with E-state index in [9.17, 15) is 0 Å². The van der Waals surface area contributed by atoms with Gasteiger partial charge in [0.05, 0.1) is 0 Å². The number of hydrogen-bond acceptors (Lipinski definition) is 1. The predicted octanol–water partition coefficient (Wildman–Crippen LogP) is 5.56. The van der Waals surface area contributed by atoms with Gasteiger partial charge in [-0.1, -0.05) is 37.1 Å². The van der Waals surface area contributed by atoms with Gasteiger partial charge in [-0.2, -0.15) is 0 Å². The van der Waals surface area contributed by atoms with Crippen LogP contribution in [0.2, 0.25) is 5.02 Å². The maximum atomic E-state index is 6.35. The summed E-state index contributed by atoms with van der Waals surface area (Å²) in [4.78, 5) is 0. The van der Waals surface area contributed by atoms with Crippen molar-refractivity contribution in [3.05, 3.63) is 34.3 Å². The lowest BCUT2D eigenvalue weighted by atomic mass is 9.71. The van der Waals surface area contributed by atoms with Gasteiger partial charge < -0.3 is 5.32 Å². The molecule has 0 amide bonds. The maximum Gasteiger partial charge on any atom is 0.0438 e. The van der Waals surface area contributed by atoms with Crippen LogP contribution in [0.4, 0.5) is 0 Å². The number of hydrogen-bond donors (Lipinski definition) is 1. The fourth-order valence-corrected chi connectivity index (χ4v) is 3.56. The van der Waals surface area contributed by atoms with Crippen molar-refractivity contribution in [3.63, 3.8) is 0 Å². The largest absolute Gasteiger partial charge is 0.312 e. The third-order valence-corrected chi connectivity index (χ3v) is 5.18. The van der Waals surface area contributed by atoms with Crippen LogP contribution in [-0.2, 0) is 0 Å². The lowest BCUT2D eigenvalue weighted by Crippen LogP contribution is -2.41. The third kappa shape index (κ3) is 4.72. The zero-order valence-electron chi connectivity index (χ0n) is 14.2. The number of benzene rings is 1. The van der Waals surface area contributed by atoms with Gasteiger partial charge in [-0.15, -0.1) is 0 Å². The van der Waals surface area contributed by atoms with E-state index in [2.05, 4.69) is 58.1 Å². The number of aryl methyl sites for hydroxylation is 1. The summed E-state index contributed by atoms with van der Waals surface area (Å²) in [5.74, 6) is 2.18. The average molecular weight is 308 g/mol. The molecule has 0 bridgehead atoms. The van der Waals surface area contributed by atoms with Crippen molar-refractivity contribution in [2.24, 2.45) is 11.8 Å². The molecule has 1 aliphatic rings. The highest BCUT2D eigenvalue weighted by atomic mass is 35.5. The van der Waals surface area contributed by atoms with Gasteiger partial charge in [0.15, 0.2) is 0 Å². The van der Waals surface area contributed by atoms with Gasteiger partial charge in [0.1, 0.15) is 0 Å². The Labute approximate surface area is 135 Å². The molecule has 1 aromatic carbocycles. The number of halogens is 1. The van der Waals surface area contributed by atoms with E-state index in [1.54, 1.807) is 0 Å². The van der Waals surface area contributed by atoms with Crippen LogP contribution in [0, 0.1) is 18.8 Å². The highest BCUT2D eigenvalue weighted by Crippen LogP contribution is 2.41. The molecular formula is C19H30ClN. The summed E-state index contributed by atoms with van der Waals surface area (Å²) >= 11 is 6.35. The quantitative estimate of drug-likeness (QED) is 0.771. The minimum Gasteiger partial charge on any atom is -0.312 e. The molecule has 0 heterocycles. The first-order valence-electron chi connectivity index (χ1n) is 8.27. The second-order valence-corrected chi connectivity index (χ2v) is 8.33. The molecule has 0 spiro atoms. The Morgan fingerprint density at radius 3 is 2.57 bits per heavy atom. The van der Waals surface area contributed by atoms with Crippen LogP contribution in [0.25, 0.3) is 0 Å². The third-order valence-electron chi connectivity index (χ3n) is 4.77. The van der Waals surface area contributed by atoms with Crippen LogP contribution in [0.15, 0.2) is 18.2 Å². The van der Waals surface area contributed by atoms with Crippen LogP contribution < -0.4 is 5.32 Å². The Hall–Kier alpha value is -0.530. The smallest absolute Gasteiger partial charge is 0.0438 e. The standard InChI is InChI=1S/C19H30ClN/c1-13-6-8-16(12-21-19(3,4)5)17(10-13)15-9-7-14(2)18(20)11-15/h7,9,11,13,16-17,21H,6,8,10,12H2,1-5H3. The van der Waals surface area contributed by atoms with E-state index in [0.717, 1.165) is 23.4 Å². The van der Waals surface area contributed by atoms with Crippen LogP contribution in [0.5, 0.6) is 0 Å². The summed E-state index contributed by atoms with van der Waals surface area (Å²) in [6.45, 7) is 12.3. The van der Waals surface area contributed by atoms with Crippen molar-refractivity contribution in [1.82, 2.24) is 5.32 Å². The summed E-state index contributed by atoms with van der Waals surface area (Å²) in [5.41, 5.74) is 2.80. The lowest BCUT2D eigenvalue weighted by molar-refractivity contribution is 0.227. The Kier molecular flexibility index (Phi) is 5.38. The molecule has 2 rings (SSSR count). The molecule has 3 atom stereocenters. The molecule has 1 nitrogen and oxygen atoms in total. The summed E-state index contributed by atoms with van der Waals surface area (Å²) < 4.78 is 0. The summed E-state index contributed by atoms with van der Waals surface area (Å²) in [6.07, 6.45) is 3.96. The summed E-state index contributed by atoms with van der Waals surface area (Å²) in [6, 6.07) is 6.66. The highest BCUT2D eigenvalue weighted by Gasteiger charge is 2.30. The topological polar surface area (TPSA) is 12.0 Å². The van der Waals surface area contributed by atoms with Crippen LogP contribution >= 0.6 is 11.6 Å². The van der Waals surface area contributed by atoms with Crippen LogP contribution in [-0.4, -0.2) is 12.1 Å². The zero-order chi connectivity index (χ0) is 15.6. The molecule has 1 N–H and O–H groups in total. The predicted molar refractivity (Wildman–Crippen MR) is 93.2 cm³/mol. The molecule has 1 saturated carbocycles. The van der Waals surface area contributed by atoms with Crippen molar-refractivity contribution < 1.29 is 0 Å². The second-order valence-electron chi connectivity index (χ2n) is 7.92. The second kappa shape index (κ2) is 6.71. The molecular weight excluding hydrogens is 278 g/mol. The molecule has 118 valence electrons. The lowest BCUT2D eigenvalue weighted by Gasteiger charge is -2.37. The Bertz CT molecular complexity index is 475. The average Bonchev–Trinajstić information content (AvgIpc) is 2.39. The Morgan fingerprint density at radius 1 is 1.24 bits per heavy atom. The number of nitrogens with one attached hydrogen (secondary N) is 1. The maximum absolute atomic E-state index is 6.35. The molecule has 0 aliphatic heterocycles. The first kappa shape index (κ1) is 16.8. The molecule has 1 fully saturated rings. The van der Waals surface area contributed by atoms with Gasteiger partial charge >= 0.3 is 0 Å². The molecule has 0 aromatic heterocycles. The van der Waals surface area contributed by atoms with Gasteiger partial charge in [-0.05, 0) is 82.0 Å². The molecule has 0 saturated heterocycles. The van der Waals surface area contributed by atoms with Crippen molar-refractivity contribution in [3.8, 4) is 0 Å². The number of rotatable bonds is 3. The van der Waals surface area contributed by atoms with Gasteiger partial charge in [0.2, 0.25) is 0 Å². The van der Waals surface area contributed by atoms with E-state index in [0.29, 0.717) is 5.92 Å². The van der Waals surface area contributed by atoms with E-state index in [4.69, 9.17) is 11.6 Å². The Morgan fingerprint density at radius 2 is 1.95 bits per heavy atom. The van der Waals surface area contributed by atoms with E-state index < -0.39 is 0 Å². The van der Waals surface area contributed by atoms with E-state index >= 15 is 0 Å². The fraction of sp³-hybridized carbons (Fsp3) is 0.684. The molecule has 0 radical (unpaired) electrons. The summed E-state index contributed by atoms with van der Waals surface area (Å²) in [5, 5.41) is 4.61. The first-order valence-corrected chi connectivity index (χ1v) is 8.65. The fourth-order valence-electron chi connectivity index (χ4n) is 3.37. The van der Waals surface area contributed by atoms with E-state index in [-0.39, 0.29) is 5.54 Å². The van der Waals surface area contributed by atoms with Gasteiger partial charge in [-0.25, -0.2) is 0 Å². The van der Waals surface area contributed by atoms with Crippen molar-refractivity contribution >= 4 is 11.6 Å². The highest BCUT2D eigenvalue weighted by molar-refractivity contribution is 6.31. The first-order chi connectivity index (χ1) is 9.76. The SMILES string of the molecule is Cc1ccc(C2CC(C)CCC2CNC(C)(C)C)cc1Cl. The van der Waals surface area contributed by atoms with Crippen molar-refractivity contribution in [2.75, 3.05) is 6.54 Å². The Balaban J connectivity index is 2.16. The van der Waals surface area contributed by atoms with Gasteiger partial charge in [0, 0.05) is 10.6 Å². The normalized spacial score (nSPS) is 26.9. The minimum atomic E-state index is 0.193. The van der Waals surface area contributed by atoms with Crippen molar-refractivity contribution in [2.45, 2.75) is 65.3 Å². The van der Waals surface area contributed by atoms with Crippen molar-refractivity contribution in [1.29, 1.82) is 0 Å². The van der Waals surface area contributed by atoms with Crippen LogP contribution in [0.1, 0.15) is 64.0 Å². The molecule has 3 unspecified atom stereocenters. The monoisotopic (exact) mass is 307 g/mol. The zero-order valence-corrected chi connectivity index (χ0v) is 14.9. The van der Waals surface area contributed by atoms with Gasteiger partial charge in [0.25, 0.3) is 0 Å². The molecule has 2 heteroatoms. The minimum absolute atomic E-state index is 0.193. The molecule has 1 aliphatic carbocycles. The van der Waals surface area contributed by atoms with E-state index in [1.165, 1.54) is 30.4 Å². The molecule has 1 aromatic rings. The molecule has 21 heavy (non-hydrogen) atoms. The van der Waals surface area contributed by atoms with E-state index in [1.807, 2.05) is 0 Å². The summed E-state index contributed by atoms with van der Waals surface area (Å²) in [7, 11) is 0. The van der Waals surface area contributed by atoms with Gasteiger partial charge in [-0.3, -0.25) is 0 Å².